The van der Waals surface area contributed by atoms with E-state index in [1.807, 2.05) is 0 Å². The van der Waals surface area contributed by atoms with Crippen molar-refractivity contribution in [2.45, 2.75) is 26.4 Å². The zero-order valence-corrected chi connectivity index (χ0v) is 10.8. The molecule has 1 aromatic carbocycles. The van der Waals surface area contributed by atoms with Crippen molar-refractivity contribution in [2.75, 3.05) is 0 Å². The molecule has 0 radical (unpaired) electrons. The normalized spacial score (nSPS) is 11.1. The fraction of sp³-hybridized carbons (Fsp3) is 0.308. The largest absolute Gasteiger partial charge is 0.456 e. The molecule has 2 nitrogen and oxygen atoms in total. The first-order valence-corrected chi connectivity index (χ1v) is 5.46. The Morgan fingerprint density at radius 2 is 2.00 bits per heavy atom. The van der Waals surface area contributed by atoms with Crippen molar-refractivity contribution in [1.82, 2.24) is 0 Å². The predicted octanol–water partition coefficient (Wildman–Crippen LogP) is 3.83. The Kier molecular flexibility index (Phi) is 3.94. The summed E-state index contributed by atoms with van der Waals surface area (Å²) in [6, 6.07) is 3.98. The van der Waals surface area contributed by atoms with Crippen LogP contribution >= 0.6 is 11.6 Å². The van der Waals surface area contributed by atoms with Crippen molar-refractivity contribution in [3.8, 4) is 0 Å². The second kappa shape index (κ2) is 4.88. The summed E-state index contributed by atoms with van der Waals surface area (Å²) in [7, 11) is 0. The van der Waals surface area contributed by atoms with E-state index in [0.29, 0.717) is 5.56 Å². The number of hydrogen-bond donors (Lipinski definition) is 0. The van der Waals surface area contributed by atoms with Crippen LogP contribution in [0, 0.1) is 5.82 Å². The molecule has 1 rings (SSSR count). The quantitative estimate of drug-likeness (QED) is 0.594. The molecule has 0 aromatic heterocycles. The number of hydrogen-bond acceptors (Lipinski definition) is 2. The third-order valence-corrected chi connectivity index (χ3v) is 2.20. The van der Waals surface area contributed by atoms with Gasteiger partial charge in [-0.05, 0) is 38.5 Å². The highest BCUT2D eigenvalue weighted by Crippen LogP contribution is 2.23. The Labute approximate surface area is 105 Å². The number of ether oxygens (including phenoxy) is 1. The van der Waals surface area contributed by atoms with Crippen LogP contribution < -0.4 is 0 Å². The summed E-state index contributed by atoms with van der Waals surface area (Å²) in [4.78, 5) is 11.7. The predicted molar refractivity (Wildman–Crippen MR) is 66.3 cm³/mol. The lowest BCUT2D eigenvalue weighted by Crippen LogP contribution is -2.24. The number of carbonyl (C=O) groups excluding carboxylic acids is 1. The molecule has 0 aliphatic carbocycles. The van der Waals surface area contributed by atoms with E-state index in [1.165, 1.54) is 18.2 Å². The van der Waals surface area contributed by atoms with Crippen LogP contribution in [0.15, 0.2) is 24.8 Å². The molecule has 0 heterocycles. The third-order valence-electron chi connectivity index (χ3n) is 1.91. The van der Waals surface area contributed by atoms with E-state index >= 15 is 0 Å². The van der Waals surface area contributed by atoms with Gasteiger partial charge in [-0.2, -0.15) is 0 Å². The van der Waals surface area contributed by atoms with Gasteiger partial charge in [-0.15, -0.1) is 0 Å². The molecule has 0 atom stereocenters. The third kappa shape index (κ3) is 3.86. The SMILES string of the molecule is C=C(C(=O)OC(C)(C)C)c1ccc(F)c(Cl)c1. The highest BCUT2D eigenvalue weighted by atomic mass is 35.5. The first kappa shape index (κ1) is 13.7. The second-order valence-electron chi connectivity index (χ2n) is 4.61. The number of esters is 1. The van der Waals surface area contributed by atoms with Crippen LogP contribution in [-0.4, -0.2) is 11.6 Å². The van der Waals surface area contributed by atoms with Gasteiger partial charge in [0.15, 0.2) is 0 Å². The van der Waals surface area contributed by atoms with Gasteiger partial charge in [-0.3, -0.25) is 0 Å². The number of rotatable bonds is 2. The van der Waals surface area contributed by atoms with E-state index in [-0.39, 0.29) is 10.6 Å². The van der Waals surface area contributed by atoms with Gasteiger partial charge in [0.1, 0.15) is 11.4 Å². The summed E-state index contributed by atoms with van der Waals surface area (Å²) in [5, 5.41) is -0.0489. The molecule has 0 saturated carbocycles. The molecule has 1 aromatic rings. The molecule has 92 valence electrons. The Morgan fingerprint density at radius 3 is 2.47 bits per heavy atom. The molecule has 0 fully saturated rings. The van der Waals surface area contributed by atoms with Crippen LogP contribution in [0.5, 0.6) is 0 Å². The molecule has 0 aliphatic rings. The Bertz CT molecular complexity index is 461. The molecule has 0 N–H and O–H groups in total. The molecule has 0 saturated heterocycles. The van der Waals surface area contributed by atoms with Crippen molar-refractivity contribution in [3.63, 3.8) is 0 Å². The van der Waals surface area contributed by atoms with E-state index in [9.17, 15) is 9.18 Å². The van der Waals surface area contributed by atoms with Crippen molar-refractivity contribution in [3.05, 3.63) is 41.2 Å². The standard InChI is InChI=1S/C13H14ClFO2/c1-8(12(16)17-13(2,3)4)9-5-6-11(15)10(14)7-9/h5-7H,1H2,2-4H3. The van der Waals surface area contributed by atoms with Gasteiger partial charge in [-0.1, -0.05) is 24.2 Å². The summed E-state index contributed by atoms with van der Waals surface area (Å²) in [5.74, 6) is -1.08. The zero-order chi connectivity index (χ0) is 13.2. The minimum absolute atomic E-state index is 0.0489. The molecular formula is C13H14ClFO2. The van der Waals surface area contributed by atoms with Gasteiger partial charge in [-0.25, -0.2) is 9.18 Å². The van der Waals surface area contributed by atoms with Gasteiger partial charge in [0.25, 0.3) is 0 Å². The average Bonchev–Trinajstić information content (AvgIpc) is 2.18. The summed E-state index contributed by atoms with van der Waals surface area (Å²) < 4.78 is 18.1. The first-order valence-electron chi connectivity index (χ1n) is 5.08. The van der Waals surface area contributed by atoms with Gasteiger partial charge in [0, 0.05) is 0 Å². The Morgan fingerprint density at radius 1 is 1.41 bits per heavy atom. The maximum atomic E-state index is 13.0. The van der Waals surface area contributed by atoms with E-state index in [0.717, 1.165) is 0 Å². The highest BCUT2D eigenvalue weighted by Gasteiger charge is 2.20. The first-order chi connectivity index (χ1) is 7.70. The Balaban J connectivity index is 2.90. The molecule has 0 bridgehead atoms. The molecule has 0 amide bonds. The van der Waals surface area contributed by atoms with E-state index in [4.69, 9.17) is 16.3 Å². The summed E-state index contributed by atoms with van der Waals surface area (Å²) in [5.41, 5.74) is 0.0107. The molecule has 4 heteroatoms. The van der Waals surface area contributed by atoms with Crippen molar-refractivity contribution in [2.24, 2.45) is 0 Å². The minimum atomic E-state index is -0.593. The fourth-order valence-corrected chi connectivity index (χ4v) is 1.32. The Hall–Kier alpha value is -1.35. The fourth-order valence-electron chi connectivity index (χ4n) is 1.14. The number of halogens is 2. The van der Waals surface area contributed by atoms with Gasteiger partial charge in [0.05, 0.1) is 10.6 Å². The topological polar surface area (TPSA) is 26.3 Å². The molecule has 17 heavy (non-hydrogen) atoms. The molecular weight excluding hydrogens is 243 g/mol. The van der Waals surface area contributed by atoms with Gasteiger partial charge >= 0.3 is 5.97 Å². The van der Waals surface area contributed by atoms with Crippen LogP contribution in [-0.2, 0) is 9.53 Å². The smallest absolute Gasteiger partial charge is 0.338 e. The van der Waals surface area contributed by atoms with Crippen LogP contribution in [0.2, 0.25) is 5.02 Å². The lowest BCUT2D eigenvalue weighted by Gasteiger charge is -2.20. The van der Waals surface area contributed by atoms with Gasteiger partial charge in [0.2, 0.25) is 0 Å². The minimum Gasteiger partial charge on any atom is -0.456 e. The van der Waals surface area contributed by atoms with Crippen LogP contribution in [0.25, 0.3) is 5.57 Å². The summed E-state index contributed by atoms with van der Waals surface area (Å²) in [6.07, 6.45) is 0. The lowest BCUT2D eigenvalue weighted by molar-refractivity contribution is -0.147. The van der Waals surface area contributed by atoms with E-state index < -0.39 is 17.4 Å². The second-order valence-corrected chi connectivity index (χ2v) is 5.02. The van der Waals surface area contributed by atoms with Crippen LogP contribution in [0.1, 0.15) is 26.3 Å². The monoisotopic (exact) mass is 256 g/mol. The van der Waals surface area contributed by atoms with Crippen molar-refractivity contribution >= 4 is 23.1 Å². The van der Waals surface area contributed by atoms with Crippen LogP contribution in [0.4, 0.5) is 4.39 Å². The van der Waals surface area contributed by atoms with Crippen LogP contribution in [0.3, 0.4) is 0 Å². The van der Waals surface area contributed by atoms with E-state index in [1.54, 1.807) is 20.8 Å². The number of benzene rings is 1. The summed E-state index contributed by atoms with van der Waals surface area (Å²) in [6.45, 7) is 8.90. The zero-order valence-electron chi connectivity index (χ0n) is 10.0. The summed E-state index contributed by atoms with van der Waals surface area (Å²) >= 11 is 5.63. The molecule has 0 spiro atoms. The lowest BCUT2D eigenvalue weighted by atomic mass is 10.1. The maximum absolute atomic E-state index is 13.0. The van der Waals surface area contributed by atoms with Crippen molar-refractivity contribution in [1.29, 1.82) is 0 Å². The van der Waals surface area contributed by atoms with Gasteiger partial charge < -0.3 is 4.74 Å². The highest BCUT2D eigenvalue weighted by molar-refractivity contribution is 6.31. The molecule has 0 unspecified atom stereocenters. The average molecular weight is 257 g/mol. The maximum Gasteiger partial charge on any atom is 0.338 e. The number of carbonyl (C=O) groups is 1. The molecule has 0 aliphatic heterocycles. The van der Waals surface area contributed by atoms with Crippen molar-refractivity contribution < 1.29 is 13.9 Å². The van der Waals surface area contributed by atoms with E-state index in [2.05, 4.69) is 6.58 Å².